The molecule has 0 aliphatic carbocycles. The second-order valence-corrected chi connectivity index (χ2v) is 7.50. The van der Waals surface area contributed by atoms with Crippen molar-refractivity contribution in [2.24, 2.45) is 7.05 Å². The quantitative estimate of drug-likeness (QED) is 0.526. The van der Waals surface area contributed by atoms with Crippen LogP contribution in [-0.4, -0.2) is 20.7 Å². The Hall–Kier alpha value is -2.83. The van der Waals surface area contributed by atoms with Crippen LogP contribution in [0.1, 0.15) is 39.0 Å². The van der Waals surface area contributed by atoms with Crippen LogP contribution in [-0.2, 0) is 20.1 Å². The smallest absolute Gasteiger partial charge is 0.267 e. The minimum absolute atomic E-state index is 0.188. The zero-order valence-electron chi connectivity index (χ0n) is 16.6. The van der Waals surface area contributed by atoms with Crippen LogP contribution >= 0.6 is 0 Å². The zero-order valence-corrected chi connectivity index (χ0v) is 16.6. The van der Waals surface area contributed by atoms with Gasteiger partial charge in [-0.1, -0.05) is 44.4 Å². The normalized spacial score (nSPS) is 13.9. The van der Waals surface area contributed by atoms with Crippen LogP contribution in [0.3, 0.4) is 0 Å². The van der Waals surface area contributed by atoms with Crippen molar-refractivity contribution in [3.63, 3.8) is 0 Å². The molecule has 0 atom stereocenters. The van der Waals surface area contributed by atoms with Crippen LogP contribution in [0.25, 0.3) is 11.2 Å². The third kappa shape index (κ3) is 3.04. The lowest BCUT2D eigenvalue weighted by Crippen LogP contribution is -2.49. The monoisotopic (exact) mass is 382 g/mol. The SMILES string of the molecule is CCCCCCn1c(=O)c2c([nH]c3[n+]2CCCN3c2ccccc2)n(C)c1=O. The predicted molar refractivity (Wildman–Crippen MR) is 110 cm³/mol. The second kappa shape index (κ2) is 7.66. The largest absolute Gasteiger partial charge is 0.364 e. The number of aryl methyl sites for hydroxylation is 2. The number of aromatic amines is 1. The van der Waals surface area contributed by atoms with E-state index in [1.165, 1.54) is 4.57 Å². The standard InChI is InChI=1S/C21H27N5O2/c1-3-4-5-9-13-26-19(27)17-18(23(2)21(26)28)22-20-24(14-10-15-25(17)20)16-11-7-6-8-12-16/h6-8,11-12H,3-5,9-10,13-15H2,1-2H3/p+1. The first kappa shape index (κ1) is 18.5. The number of hydrogen-bond donors (Lipinski definition) is 1. The maximum Gasteiger partial charge on any atom is 0.364 e. The minimum Gasteiger partial charge on any atom is -0.267 e. The molecule has 1 aromatic carbocycles. The fraction of sp³-hybridized carbons (Fsp3) is 0.476. The highest BCUT2D eigenvalue weighted by atomic mass is 16.2. The number of H-pyrrole nitrogens is 1. The number of rotatable bonds is 6. The summed E-state index contributed by atoms with van der Waals surface area (Å²) in [7, 11) is 1.74. The van der Waals surface area contributed by atoms with Crippen molar-refractivity contribution in [2.45, 2.75) is 52.1 Å². The van der Waals surface area contributed by atoms with E-state index in [9.17, 15) is 9.59 Å². The molecule has 148 valence electrons. The third-order valence-electron chi connectivity index (χ3n) is 5.60. The number of aromatic nitrogens is 4. The number of unbranched alkanes of at least 4 members (excludes halogenated alkanes) is 3. The summed E-state index contributed by atoms with van der Waals surface area (Å²) < 4.78 is 5.02. The molecule has 0 bridgehead atoms. The van der Waals surface area contributed by atoms with Crippen molar-refractivity contribution in [3.8, 4) is 0 Å². The van der Waals surface area contributed by atoms with E-state index in [1.54, 1.807) is 11.6 Å². The van der Waals surface area contributed by atoms with Gasteiger partial charge >= 0.3 is 11.6 Å². The molecule has 3 aromatic rings. The van der Waals surface area contributed by atoms with Crippen molar-refractivity contribution in [1.29, 1.82) is 0 Å². The van der Waals surface area contributed by atoms with Gasteiger partial charge in [0.05, 0.1) is 13.1 Å². The number of imidazole rings is 1. The van der Waals surface area contributed by atoms with Crippen molar-refractivity contribution in [1.82, 2.24) is 14.1 Å². The molecule has 0 saturated heterocycles. The highest BCUT2D eigenvalue weighted by Gasteiger charge is 2.32. The topological polar surface area (TPSA) is 66.9 Å². The summed E-state index contributed by atoms with van der Waals surface area (Å²) in [5.74, 6) is 0.864. The van der Waals surface area contributed by atoms with Gasteiger partial charge in [-0.2, -0.15) is 0 Å². The highest BCUT2D eigenvalue weighted by molar-refractivity contribution is 5.70. The Kier molecular flexibility index (Phi) is 5.07. The third-order valence-corrected chi connectivity index (χ3v) is 5.60. The molecule has 1 N–H and O–H groups in total. The van der Waals surface area contributed by atoms with E-state index in [4.69, 9.17) is 0 Å². The first-order chi connectivity index (χ1) is 13.6. The van der Waals surface area contributed by atoms with Crippen LogP contribution in [0.2, 0.25) is 0 Å². The number of benzene rings is 1. The number of hydrogen-bond acceptors (Lipinski definition) is 3. The van der Waals surface area contributed by atoms with Gasteiger partial charge in [0.2, 0.25) is 11.2 Å². The molecule has 0 saturated carbocycles. The fourth-order valence-electron chi connectivity index (χ4n) is 4.09. The van der Waals surface area contributed by atoms with Crippen LogP contribution in [0.4, 0.5) is 11.6 Å². The lowest BCUT2D eigenvalue weighted by atomic mass is 10.2. The number of nitrogens with one attached hydrogen (secondary N) is 1. The molecule has 0 spiro atoms. The number of nitrogens with zero attached hydrogens (tertiary/aromatic N) is 4. The van der Waals surface area contributed by atoms with Crippen LogP contribution < -0.4 is 20.7 Å². The Morgan fingerprint density at radius 1 is 1.11 bits per heavy atom. The van der Waals surface area contributed by atoms with Crippen molar-refractivity contribution < 1.29 is 4.57 Å². The van der Waals surface area contributed by atoms with Gasteiger partial charge in [0.25, 0.3) is 5.56 Å². The fourth-order valence-corrected chi connectivity index (χ4v) is 4.09. The van der Waals surface area contributed by atoms with E-state index in [0.717, 1.165) is 56.8 Å². The van der Waals surface area contributed by atoms with Gasteiger partial charge in [-0.15, -0.1) is 0 Å². The van der Waals surface area contributed by atoms with Crippen LogP contribution in [0.15, 0.2) is 39.9 Å². The first-order valence-electron chi connectivity index (χ1n) is 10.2. The predicted octanol–water partition coefficient (Wildman–Crippen LogP) is 2.44. The van der Waals surface area contributed by atoms with E-state index in [2.05, 4.69) is 28.9 Å². The maximum atomic E-state index is 13.2. The molecule has 3 heterocycles. The Bertz CT molecular complexity index is 1090. The Morgan fingerprint density at radius 3 is 2.64 bits per heavy atom. The molecule has 7 nitrogen and oxygen atoms in total. The van der Waals surface area contributed by atoms with E-state index in [-0.39, 0.29) is 11.2 Å². The average molecular weight is 382 g/mol. The van der Waals surface area contributed by atoms with Gasteiger partial charge in [0, 0.05) is 20.0 Å². The summed E-state index contributed by atoms with van der Waals surface area (Å²) in [6, 6.07) is 10.1. The van der Waals surface area contributed by atoms with Crippen LogP contribution in [0, 0.1) is 0 Å². The van der Waals surface area contributed by atoms with Crippen molar-refractivity contribution >= 4 is 22.8 Å². The van der Waals surface area contributed by atoms with Gasteiger partial charge < -0.3 is 0 Å². The molecular weight excluding hydrogens is 354 g/mol. The molecule has 2 aromatic heterocycles. The lowest BCUT2D eigenvalue weighted by molar-refractivity contribution is -0.663. The summed E-state index contributed by atoms with van der Waals surface area (Å²) in [5.41, 5.74) is 1.82. The van der Waals surface area contributed by atoms with Gasteiger partial charge in [-0.3, -0.25) is 13.9 Å². The van der Waals surface area contributed by atoms with E-state index in [0.29, 0.717) is 17.7 Å². The molecular formula is C21H28N5O2+. The van der Waals surface area contributed by atoms with Gasteiger partial charge in [0.1, 0.15) is 5.69 Å². The highest BCUT2D eigenvalue weighted by Crippen LogP contribution is 2.25. The molecule has 1 aliphatic heterocycles. The summed E-state index contributed by atoms with van der Waals surface area (Å²) in [4.78, 5) is 31.6. The van der Waals surface area contributed by atoms with E-state index in [1.807, 2.05) is 22.8 Å². The van der Waals surface area contributed by atoms with Gasteiger partial charge in [-0.25, -0.2) is 19.2 Å². The maximum absolute atomic E-state index is 13.2. The second-order valence-electron chi connectivity index (χ2n) is 7.50. The molecule has 1 aliphatic rings. The van der Waals surface area contributed by atoms with E-state index >= 15 is 0 Å². The molecule has 7 heteroatoms. The average Bonchev–Trinajstić information content (AvgIpc) is 3.12. The minimum atomic E-state index is -0.251. The summed E-state index contributed by atoms with van der Waals surface area (Å²) in [5, 5.41) is 0. The first-order valence-corrected chi connectivity index (χ1v) is 10.2. The molecule has 0 amide bonds. The summed E-state index contributed by atoms with van der Waals surface area (Å²) in [6.07, 6.45) is 5.07. The number of para-hydroxylation sites is 1. The number of fused-ring (bicyclic) bond motifs is 3. The Labute approximate surface area is 163 Å². The Balaban J connectivity index is 1.84. The molecule has 0 unspecified atom stereocenters. The molecule has 28 heavy (non-hydrogen) atoms. The van der Waals surface area contributed by atoms with E-state index < -0.39 is 0 Å². The zero-order chi connectivity index (χ0) is 19.7. The van der Waals surface area contributed by atoms with Crippen molar-refractivity contribution in [3.05, 3.63) is 51.2 Å². The van der Waals surface area contributed by atoms with Crippen molar-refractivity contribution in [2.75, 3.05) is 11.4 Å². The lowest BCUT2D eigenvalue weighted by Gasteiger charge is -2.21. The summed E-state index contributed by atoms with van der Waals surface area (Å²) >= 11 is 0. The van der Waals surface area contributed by atoms with Gasteiger partial charge in [0.15, 0.2) is 0 Å². The van der Waals surface area contributed by atoms with Gasteiger partial charge in [-0.05, 0) is 18.6 Å². The molecule has 0 fully saturated rings. The van der Waals surface area contributed by atoms with Crippen LogP contribution in [0.5, 0.6) is 0 Å². The number of anilines is 2. The Morgan fingerprint density at radius 2 is 1.89 bits per heavy atom. The molecule has 4 rings (SSSR count). The molecule has 0 radical (unpaired) electrons. The summed E-state index contributed by atoms with van der Waals surface area (Å²) in [6.45, 7) is 4.26.